The number of thioether (sulfide) groups is 1. The summed E-state index contributed by atoms with van der Waals surface area (Å²) in [6.07, 6.45) is 1.69. The van der Waals surface area contributed by atoms with Gasteiger partial charge in [0.1, 0.15) is 6.33 Å². The molecule has 0 saturated carbocycles. The maximum absolute atomic E-state index is 12.2. The molecule has 0 unspecified atom stereocenters. The molecule has 2 aromatic rings. The molecule has 1 saturated heterocycles. The number of hydrogen-bond acceptors (Lipinski definition) is 6. The van der Waals surface area contributed by atoms with Gasteiger partial charge in [0.2, 0.25) is 5.91 Å². The lowest BCUT2D eigenvalue weighted by atomic mass is 10.2. The molecule has 1 N–H and O–H groups in total. The van der Waals surface area contributed by atoms with Crippen molar-refractivity contribution in [3.05, 3.63) is 30.6 Å². The summed E-state index contributed by atoms with van der Waals surface area (Å²) in [5.74, 6) is 0.249. The predicted molar refractivity (Wildman–Crippen MR) is 99.2 cm³/mol. The summed E-state index contributed by atoms with van der Waals surface area (Å²) >= 11 is 1.39. The number of rotatable bonds is 6. The standard InChI is InChI=1S/C17H23N5O2S/c1-13(2)22-12-18-20-17(22)25-11-16(23)19-14-3-5-15(6-4-14)21-7-9-24-10-8-21/h3-6,12-13H,7-11H2,1-2H3,(H,19,23). The van der Waals surface area contributed by atoms with E-state index in [1.54, 1.807) is 6.33 Å². The van der Waals surface area contributed by atoms with Crippen LogP contribution in [0, 0.1) is 0 Å². The Kier molecular flexibility index (Phi) is 5.93. The molecule has 0 spiro atoms. The Morgan fingerprint density at radius 1 is 1.28 bits per heavy atom. The molecule has 1 aliphatic heterocycles. The lowest BCUT2D eigenvalue weighted by Crippen LogP contribution is -2.36. The van der Waals surface area contributed by atoms with Crippen molar-refractivity contribution < 1.29 is 9.53 Å². The van der Waals surface area contributed by atoms with Gasteiger partial charge >= 0.3 is 0 Å². The zero-order chi connectivity index (χ0) is 17.6. The number of anilines is 2. The number of hydrogen-bond donors (Lipinski definition) is 1. The fraction of sp³-hybridized carbons (Fsp3) is 0.471. The predicted octanol–water partition coefficient (Wildman–Crippen LogP) is 2.43. The van der Waals surface area contributed by atoms with Crippen LogP contribution < -0.4 is 10.2 Å². The van der Waals surface area contributed by atoms with E-state index in [1.807, 2.05) is 28.8 Å². The van der Waals surface area contributed by atoms with E-state index in [-0.39, 0.29) is 11.9 Å². The van der Waals surface area contributed by atoms with Gasteiger partial charge in [-0.05, 0) is 38.1 Å². The van der Waals surface area contributed by atoms with Crippen LogP contribution >= 0.6 is 11.8 Å². The average Bonchev–Trinajstić information content (AvgIpc) is 3.10. The minimum absolute atomic E-state index is 0.0533. The number of morpholine rings is 1. The van der Waals surface area contributed by atoms with Crippen LogP contribution in [0.3, 0.4) is 0 Å². The van der Waals surface area contributed by atoms with Crippen molar-refractivity contribution in [1.82, 2.24) is 14.8 Å². The minimum atomic E-state index is -0.0533. The summed E-state index contributed by atoms with van der Waals surface area (Å²) in [7, 11) is 0. The third-order valence-electron chi connectivity index (χ3n) is 3.96. The highest BCUT2D eigenvalue weighted by molar-refractivity contribution is 7.99. The van der Waals surface area contributed by atoms with Crippen molar-refractivity contribution in [2.45, 2.75) is 25.0 Å². The van der Waals surface area contributed by atoms with Crippen LogP contribution in [0.2, 0.25) is 0 Å². The molecule has 2 heterocycles. The molecule has 1 aliphatic rings. The average molecular weight is 361 g/mol. The molecule has 3 rings (SSSR count). The highest BCUT2D eigenvalue weighted by Crippen LogP contribution is 2.21. The number of amides is 1. The zero-order valence-corrected chi connectivity index (χ0v) is 15.3. The molecule has 1 amide bonds. The Hall–Kier alpha value is -2.06. The molecule has 134 valence electrons. The molecule has 0 radical (unpaired) electrons. The van der Waals surface area contributed by atoms with Crippen molar-refractivity contribution >= 4 is 29.0 Å². The maximum atomic E-state index is 12.2. The molecule has 0 aliphatic carbocycles. The van der Waals surface area contributed by atoms with Gasteiger partial charge in [0, 0.05) is 30.5 Å². The fourth-order valence-electron chi connectivity index (χ4n) is 2.59. The van der Waals surface area contributed by atoms with E-state index >= 15 is 0 Å². The van der Waals surface area contributed by atoms with Crippen molar-refractivity contribution in [1.29, 1.82) is 0 Å². The van der Waals surface area contributed by atoms with E-state index < -0.39 is 0 Å². The molecule has 1 aromatic heterocycles. The molecule has 0 bridgehead atoms. The molecular weight excluding hydrogens is 338 g/mol. The van der Waals surface area contributed by atoms with Gasteiger partial charge in [-0.25, -0.2) is 0 Å². The summed E-state index contributed by atoms with van der Waals surface area (Å²) in [5, 5.41) is 11.6. The number of nitrogens with zero attached hydrogens (tertiary/aromatic N) is 4. The molecule has 25 heavy (non-hydrogen) atoms. The lowest BCUT2D eigenvalue weighted by molar-refractivity contribution is -0.113. The third kappa shape index (κ3) is 4.73. The van der Waals surface area contributed by atoms with Gasteiger partial charge < -0.3 is 19.5 Å². The molecular formula is C17H23N5O2S. The second-order valence-corrected chi connectivity index (χ2v) is 7.04. The van der Waals surface area contributed by atoms with E-state index in [2.05, 4.69) is 34.3 Å². The van der Waals surface area contributed by atoms with Crippen molar-refractivity contribution in [3.8, 4) is 0 Å². The highest BCUT2D eigenvalue weighted by atomic mass is 32.2. The van der Waals surface area contributed by atoms with Crippen LogP contribution in [0.15, 0.2) is 35.7 Å². The molecule has 0 atom stereocenters. The van der Waals surface area contributed by atoms with Gasteiger partial charge in [0.05, 0.1) is 19.0 Å². The molecule has 1 fully saturated rings. The Balaban J connectivity index is 1.51. The Bertz CT molecular complexity index is 695. The van der Waals surface area contributed by atoms with Crippen LogP contribution in [0.4, 0.5) is 11.4 Å². The SMILES string of the molecule is CC(C)n1cnnc1SCC(=O)Nc1ccc(N2CCOCC2)cc1. The number of aromatic nitrogens is 3. The van der Waals surface area contributed by atoms with Crippen molar-refractivity contribution in [2.75, 3.05) is 42.3 Å². The molecule has 8 heteroatoms. The third-order valence-corrected chi connectivity index (χ3v) is 4.91. The minimum Gasteiger partial charge on any atom is -0.378 e. The molecule has 1 aromatic carbocycles. The van der Waals surface area contributed by atoms with E-state index in [0.717, 1.165) is 42.8 Å². The number of carbonyl (C=O) groups excluding carboxylic acids is 1. The van der Waals surface area contributed by atoms with Gasteiger partial charge in [-0.15, -0.1) is 10.2 Å². The maximum Gasteiger partial charge on any atom is 0.234 e. The van der Waals surface area contributed by atoms with E-state index in [9.17, 15) is 4.79 Å². The Labute approximate surface area is 151 Å². The zero-order valence-electron chi connectivity index (χ0n) is 14.5. The first kappa shape index (κ1) is 17.8. The lowest BCUT2D eigenvalue weighted by Gasteiger charge is -2.28. The van der Waals surface area contributed by atoms with Gasteiger partial charge in [0.15, 0.2) is 5.16 Å². The van der Waals surface area contributed by atoms with Crippen molar-refractivity contribution in [2.24, 2.45) is 0 Å². The monoisotopic (exact) mass is 361 g/mol. The topological polar surface area (TPSA) is 72.3 Å². The Morgan fingerprint density at radius 2 is 2.00 bits per heavy atom. The summed E-state index contributed by atoms with van der Waals surface area (Å²) in [6, 6.07) is 8.20. The first-order valence-electron chi connectivity index (χ1n) is 8.38. The van der Waals surface area contributed by atoms with Crippen molar-refractivity contribution in [3.63, 3.8) is 0 Å². The van der Waals surface area contributed by atoms with Crippen LogP contribution in [0.5, 0.6) is 0 Å². The van der Waals surface area contributed by atoms with Crippen LogP contribution in [-0.4, -0.2) is 52.7 Å². The largest absolute Gasteiger partial charge is 0.378 e. The number of nitrogens with one attached hydrogen (secondary N) is 1. The van der Waals surface area contributed by atoms with Crippen LogP contribution in [0.25, 0.3) is 0 Å². The quantitative estimate of drug-likeness (QED) is 0.797. The van der Waals surface area contributed by atoms with Crippen LogP contribution in [-0.2, 0) is 9.53 Å². The van der Waals surface area contributed by atoms with Gasteiger partial charge in [-0.1, -0.05) is 11.8 Å². The van der Waals surface area contributed by atoms with Crippen LogP contribution in [0.1, 0.15) is 19.9 Å². The van der Waals surface area contributed by atoms with Gasteiger partial charge in [-0.3, -0.25) is 4.79 Å². The molecule has 7 nitrogen and oxygen atoms in total. The second kappa shape index (κ2) is 8.35. The summed E-state index contributed by atoms with van der Waals surface area (Å²) < 4.78 is 7.32. The smallest absolute Gasteiger partial charge is 0.234 e. The number of carbonyl (C=O) groups is 1. The summed E-state index contributed by atoms with van der Waals surface area (Å²) in [6.45, 7) is 7.44. The summed E-state index contributed by atoms with van der Waals surface area (Å²) in [5.41, 5.74) is 1.95. The van der Waals surface area contributed by atoms with E-state index in [0.29, 0.717) is 5.75 Å². The van der Waals surface area contributed by atoms with Gasteiger partial charge in [-0.2, -0.15) is 0 Å². The van der Waals surface area contributed by atoms with E-state index in [1.165, 1.54) is 11.8 Å². The summed E-state index contributed by atoms with van der Waals surface area (Å²) in [4.78, 5) is 14.4. The second-order valence-electron chi connectivity index (χ2n) is 6.10. The highest BCUT2D eigenvalue weighted by Gasteiger charge is 2.12. The normalized spacial score (nSPS) is 14.8. The number of ether oxygens (including phenoxy) is 1. The Morgan fingerprint density at radius 3 is 2.68 bits per heavy atom. The van der Waals surface area contributed by atoms with E-state index in [4.69, 9.17) is 4.74 Å². The van der Waals surface area contributed by atoms with Gasteiger partial charge in [0.25, 0.3) is 0 Å². The number of benzene rings is 1. The first-order valence-corrected chi connectivity index (χ1v) is 9.37. The first-order chi connectivity index (χ1) is 12.1. The fourth-order valence-corrected chi connectivity index (χ4v) is 3.44.